The van der Waals surface area contributed by atoms with E-state index in [-0.39, 0.29) is 17.8 Å². The number of nitrogens with one attached hydrogen (secondary N) is 2. The van der Waals surface area contributed by atoms with Gasteiger partial charge in [0.1, 0.15) is 0 Å². The zero-order valence-electron chi connectivity index (χ0n) is 13.9. The van der Waals surface area contributed by atoms with Gasteiger partial charge in [0.05, 0.1) is 4.92 Å². The molecule has 1 heterocycles. The molecule has 2 atom stereocenters. The Hall–Kier alpha value is -2.15. The van der Waals surface area contributed by atoms with Gasteiger partial charge in [0.25, 0.3) is 5.69 Å². The first-order chi connectivity index (χ1) is 11.5. The molecule has 1 saturated heterocycles. The summed E-state index contributed by atoms with van der Waals surface area (Å²) in [4.78, 5) is 24.9. The van der Waals surface area contributed by atoms with Crippen molar-refractivity contribution >= 4 is 11.7 Å². The third kappa shape index (κ3) is 4.23. The molecule has 2 N–H and O–H groups in total. The molecular weight excluding hydrogens is 308 g/mol. The highest BCUT2D eigenvalue weighted by Gasteiger charge is 2.39. The predicted molar refractivity (Wildman–Crippen MR) is 90.9 cm³/mol. The Morgan fingerprint density at radius 1 is 1.42 bits per heavy atom. The quantitative estimate of drug-likeness (QED) is 0.616. The summed E-state index contributed by atoms with van der Waals surface area (Å²) >= 11 is 0. The molecule has 1 aliphatic carbocycles. The molecule has 2 aliphatic rings. The van der Waals surface area contributed by atoms with Gasteiger partial charge in [-0.1, -0.05) is 12.1 Å². The summed E-state index contributed by atoms with van der Waals surface area (Å²) in [5.41, 5.74) is 0.927. The number of likely N-dealkylation sites (tertiary alicyclic amines) is 1. The second kappa shape index (κ2) is 7.17. The lowest BCUT2D eigenvalue weighted by atomic mass is 10.1. The average Bonchev–Trinajstić information content (AvgIpc) is 3.31. The van der Waals surface area contributed by atoms with Gasteiger partial charge in [0, 0.05) is 43.3 Å². The predicted octanol–water partition coefficient (Wildman–Crippen LogP) is 2.06. The monoisotopic (exact) mass is 332 g/mol. The van der Waals surface area contributed by atoms with Crippen LogP contribution in [0.25, 0.3) is 0 Å². The Morgan fingerprint density at radius 2 is 2.21 bits per heavy atom. The van der Waals surface area contributed by atoms with Crippen molar-refractivity contribution in [2.75, 3.05) is 13.1 Å². The molecule has 0 unspecified atom stereocenters. The number of nitro benzene ring substituents is 1. The van der Waals surface area contributed by atoms with E-state index in [9.17, 15) is 14.9 Å². The van der Waals surface area contributed by atoms with Crippen LogP contribution in [0.3, 0.4) is 0 Å². The maximum Gasteiger partial charge on any atom is 0.315 e. The van der Waals surface area contributed by atoms with Crippen molar-refractivity contribution in [1.82, 2.24) is 15.5 Å². The molecular formula is C17H24N4O3. The molecule has 3 rings (SSSR count). The molecule has 7 heteroatoms. The van der Waals surface area contributed by atoms with Crippen LogP contribution in [0.5, 0.6) is 0 Å². The van der Waals surface area contributed by atoms with E-state index in [4.69, 9.17) is 0 Å². The number of non-ortho nitro benzene ring substituents is 1. The van der Waals surface area contributed by atoms with E-state index in [0.717, 1.165) is 24.6 Å². The second-order valence-corrected chi connectivity index (χ2v) is 6.79. The Morgan fingerprint density at radius 3 is 2.92 bits per heavy atom. The normalized spacial score (nSPS) is 23.9. The Kier molecular flexibility index (Phi) is 4.99. The molecule has 0 bridgehead atoms. The van der Waals surface area contributed by atoms with Crippen molar-refractivity contribution in [2.24, 2.45) is 0 Å². The minimum atomic E-state index is -0.406. The highest BCUT2D eigenvalue weighted by molar-refractivity contribution is 5.74. The molecule has 1 aromatic carbocycles. The number of hydrogen-bond donors (Lipinski definition) is 2. The fourth-order valence-corrected chi connectivity index (χ4v) is 3.46. The topological polar surface area (TPSA) is 87.5 Å². The van der Waals surface area contributed by atoms with Crippen LogP contribution in [0.2, 0.25) is 0 Å². The molecule has 7 nitrogen and oxygen atoms in total. The van der Waals surface area contributed by atoms with Gasteiger partial charge >= 0.3 is 6.03 Å². The fourth-order valence-electron chi connectivity index (χ4n) is 3.46. The van der Waals surface area contributed by atoms with Crippen LogP contribution in [-0.2, 0) is 6.42 Å². The summed E-state index contributed by atoms with van der Waals surface area (Å²) in [5.74, 6) is 0. The molecule has 0 spiro atoms. The molecule has 130 valence electrons. The molecule has 1 aliphatic heterocycles. The van der Waals surface area contributed by atoms with E-state index >= 15 is 0 Å². The van der Waals surface area contributed by atoms with Crippen LogP contribution in [0.1, 0.15) is 31.7 Å². The van der Waals surface area contributed by atoms with Gasteiger partial charge in [-0.05, 0) is 38.2 Å². The Balaban J connectivity index is 1.40. The van der Waals surface area contributed by atoms with Gasteiger partial charge in [-0.15, -0.1) is 0 Å². The third-order valence-corrected chi connectivity index (χ3v) is 4.79. The summed E-state index contributed by atoms with van der Waals surface area (Å²) in [6, 6.07) is 7.83. The minimum Gasteiger partial charge on any atom is -0.338 e. The number of hydrogen-bond acceptors (Lipinski definition) is 4. The van der Waals surface area contributed by atoms with E-state index in [1.54, 1.807) is 12.1 Å². The zero-order chi connectivity index (χ0) is 17.1. The van der Waals surface area contributed by atoms with Crippen LogP contribution in [0.4, 0.5) is 10.5 Å². The summed E-state index contributed by atoms with van der Waals surface area (Å²) < 4.78 is 0. The van der Waals surface area contributed by atoms with E-state index in [1.807, 2.05) is 6.07 Å². The average molecular weight is 332 g/mol. The van der Waals surface area contributed by atoms with Gasteiger partial charge in [-0.3, -0.25) is 15.0 Å². The first kappa shape index (κ1) is 16.7. The first-order valence-electron chi connectivity index (χ1n) is 8.56. The van der Waals surface area contributed by atoms with Crippen LogP contribution < -0.4 is 10.6 Å². The standard InChI is InChI=1S/C17H24N4O3/c1-12-9-14(11-20(12)15-5-6-15)19-17(22)18-8-7-13-3-2-4-16(10-13)21(23)24/h2-4,10,12,14-15H,5-9,11H2,1H3,(H2,18,19,22)/t12-,14+/m0/s1. The van der Waals surface area contributed by atoms with Crippen LogP contribution in [0, 0.1) is 10.1 Å². The van der Waals surface area contributed by atoms with Crippen molar-refractivity contribution in [3.05, 3.63) is 39.9 Å². The molecule has 1 aromatic rings. The third-order valence-electron chi connectivity index (χ3n) is 4.79. The summed E-state index contributed by atoms with van der Waals surface area (Å²) in [6.07, 6.45) is 4.14. The molecule has 1 saturated carbocycles. The molecule has 0 radical (unpaired) electrons. The van der Waals surface area contributed by atoms with E-state index in [2.05, 4.69) is 22.5 Å². The smallest absolute Gasteiger partial charge is 0.315 e. The van der Waals surface area contributed by atoms with Crippen molar-refractivity contribution < 1.29 is 9.72 Å². The Bertz CT molecular complexity index is 618. The number of nitro groups is 1. The largest absolute Gasteiger partial charge is 0.338 e. The lowest BCUT2D eigenvalue weighted by Crippen LogP contribution is -2.44. The van der Waals surface area contributed by atoms with Crippen LogP contribution >= 0.6 is 0 Å². The number of nitrogens with zero attached hydrogens (tertiary/aromatic N) is 2. The summed E-state index contributed by atoms with van der Waals surface area (Å²) in [7, 11) is 0. The van der Waals surface area contributed by atoms with Gasteiger partial charge < -0.3 is 10.6 Å². The molecule has 2 fully saturated rings. The van der Waals surface area contributed by atoms with Crippen molar-refractivity contribution in [1.29, 1.82) is 0 Å². The number of carbonyl (C=O) groups excluding carboxylic acids is 1. The fraction of sp³-hybridized carbons (Fsp3) is 0.588. The molecule has 24 heavy (non-hydrogen) atoms. The zero-order valence-corrected chi connectivity index (χ0v) is 13.9. The second-order valence-electron chi connectivity index (χ2n) is 6.79. The van der Waals surface area contributed by atoms with Crippen LogP contribution in [0.15, 0.2) is 24.3 Å². The van der Waals surface area contributed by atoms with Gasteiger partial charge in [-0.2, -0.15) is 0 Å². The maximum atomic E-state index is 12.0. The van der Waals surface area contributed by atoms with Crippen molar-refractivity contribution in [3.8, 4) is 0 Å². The number of rotatable bonds is 6. The number of amides is 2. The Labute approximate surface area is 141 Å². The number of benzene rings is 1. The minimum absolute atomic E-state index is 0.0806. The maximum absolute atomic E-state index is 12.0. The lowest BCUT2D eigenvalue weighted by molar-refractivity contribution is -0.384. The van der Waals surface area contributed by atoms with E-state index in [0.29, 0.717) is 19.0 Å². The summed E-state index contributed by atoms with van der Waals surface area (Å²) in [5, 5.41) is 16.6. The molecule has 2 amide bonds. The lowest BCUT2D eigenvalue weighted by Gasteiger charge is -2.19. The van der Waals surface area contributed by atoms with Gasteiger partial charge in [0.15, 0.2) is 0 Å². The number of urea groups is 1. The van der Waals surface area contributed by atoms with Gasteiger partial charge in [-0.25, -0.2) is 4.79 Å². The number of carbonyl (C=O) groups is 1. The van der Waals surface area contributed by atoms with Crippen molar-refractivity contribution in [3.63, 3.8) is 0 Å². The first-order valence-corrected chi connectivity index (χ1v) is 8.56. The van der Waals surface area contributed by atoms with E-state index in [1.165, 1.54) is 18.9 Å². The van der Waals surface area contributed by atoms with Gasteiger partial charge in [0.2, 0.25) is 0 Å². The summed E-state index contributed by atoms with van der Waals surface area (Å²) in [6.45, 7) is 3.62. The highest BCUT2D eigenvalue weighted by atomic mass is 16.6. The van der Waals surface area contributed by atoms with Crippen LogP contribution in [-0.4, -0.2) is 47.1 Å². The molecule has 0 aromatic heterocycles. The highest BCUT2D eigenvalue weighted by Crippen LogP contribution is 2.33. The van der Waals surface area contributed by atoms with Crippen molar-refractivity contribution in [2.45, 2.75) is 50.7 Å². The SMILES string of the molecule is C[C@H]1C[C@@H](NC(=O)NCCc2cccc([N+](=O)[O-])c2)CN1C1CC1. The van der Waals surface area contributed by atoms with E-state index < -0.39 is 4.92 Å².